The number of aromatic nitrogens is 1. The minimum atomic E-state index is -0.282. The van der Waals surface area contributed by atoms with Crippen molar-refractivity contribution in [2.45, 2.75) is 19.9 Å². The van der Waals surface area contributed by atoms with Crippen molar-refractivity contribution < 1.29 is 23.4 Å². The summed E-state index contributed by atoms with van der Waals surface area (Å²) < 4.78 is 30.1. The number of halogens is 1. The zero-order valence-electron chi connectivity index (χ0n) is 21.1. The maximum absolute atomic E-state index is 14.0. The molecule has 0 radical (unpaired) electrons. The lowest BCUT2D eigenvalue weighted by Crippen LogP contribution is -2.49. The highest BCUT2D eigenvalue weighted by Crippen LogP contribution is 2.34. The molecule has 2 heterocycles. The topological polar surface area (TPSA) is 76.2 Å². The Bertz CT molecular complexity index is 1200. The first-order valence-corrected chi connectivity index (χ1v) is 12.2. The van der Waals surface area contributed by atoms with E-state index in [4.69, 9.17) is 19.2 Å². The predicted octanol–water partition coefficient (Wildman–Crippen LogP) is 4.00. The van der Waals surface area contributed by atoms with Gasteiger partial charge in [-0.3, -0.25) is 0 Å². The quantitative estimate of drug-likeness (QED) is 0.449. The normalized spacial score (nSPS) is 13.7. The maximum atomic E-state index is 14.0. The number of benzene rings is 2. The molecule has 9 heteroatoms. The Labute approximate surface area is 211 Å². The summed E-state index contributed by atoms with van der Waals surface area (Å²) in [7, 11) is 3.22. The summed E-state index contributed by atoms with van der Waals surface area (Å²) in [6.45, 7) is 5.77. The fourth-order valence-electron chi connectivity index (χ4n) is 4.40. The first-order chi connectivity index (χ1) is 17.5. The van der Waals surface area contributed by atoms with Gasteiger partial charge in [0.2, 0.25) is 0 Å². The van der Waals surface area contributed by atoms with Crippen LogP contribution in [0.1, 0.15) is 18.1 Å². The molecule has 0 unspecified atom stereocenters. The van der Waals surface area contributed by atoms with Crippen LogP contribution in [0.3, 0.4) is 0 Å². The van der Waals surface area contributed by atoms with Gasteiger partial charge in [-0.2, -0.15) is 0 Å². The summed E-state index contributed by atoms with van der Waals surface area (Å²) in [4.78, 5) is 21.0. The molecule has 0 bridgehead atoms. The van der Waals surface area contributed by atoms with Gasteiger partial charge in [0.25, 0.3) is 0 Å². The second-order valence-electron chi connectivity index (χ2n) is 8.56. The average molecular weight is 497 g/mol. The van der Waals surface area contributed by atoms with Gasteiger partial charge in [-0.15, -0.1) is 0 Å². The van der Waals surface area contributed by atoms with Gasteiger partial charge in [-0.1, -0.05) is 18.2 Å². The van der Waals surface area contributed by atoms with Crippen LogP contribution in [0.5, 0.6) is 11.5 Å². The average Bonchev–Trinajstić information content (AvgIpc) is 2.91. The molecule has 0 atom stereocenters. The van der Waals surface area contributed by atoms with Crippen LogP contribution in [-0.4, -0.2) is 69.5 Å². The monoisotopic (exact) mass is 496 g/mol. The van der Waals surface area contributed by atoms with Crippen LogP contribution in [0.15, 0.2) is 42.5 Å². The summed E-state index contributed by atoms with van der Waals surface area (Å²) in [5, 5.41) is 4.38. The fraction of sp³-hybridized carbons (Fsp3) is 0.407. The highest BCUT2D eigenvalue weighted by atomic mass is 19.1. The van der Waals surface area contributed by atoms with E-state index in [1.807, 2.05) is 31.2 Å². The van der Waals surface area contributed by atoms with E-state index in [0.717, 1.165) is 22.3 Å². The van der Waals surface area contributed by atoms with E-state index in [1.165, 1.54) is 6.07 Å². The van der Waals surface area contributed by atoms with Gasteiger partial charge in [0.15, 0.2) is 11.5 Å². The zero-order valence-corrected chi connectivity index (χ0v) is 21.1. The second kappa shape index (κ2) is 11.9. The van der Waals surface area contributed by atoms with E-state index >= 15 is 0 Å². The van der Waals surface area contributed by atoms with Gasteiger partial charge in [-0.25, -0.2) is 14.2 Å². The van der Waals surface area contributed by atoms with E-state index in [1.54, 1.807) is 25.2 Å². The van der Waals surface area contributed by atoms with Crippen molar-refractivity contribution in [1.82, 2.24) is 15.2 Å². The number of carbonyl (C=O) groups excluding carboxylic acids is 1. The largest absolute Gasteiger partial charge is 0.493 e. The molecule has 4 rings (SSSR count). The first-order valence-electron chi connectivity index (χ1n) is 12.2. The lowest BCUT2D eigenvalue weighted by molar-refractivity contribution is 0.105. The van der Waals surface area contributed by atoms with Crippen LogP contribution in [0.2, 0.25) is 0 Å². The highest BCUT2D eigenvalue weighted by Gasteiger charge is 2.25. The summed E-state index contributed by atoms with van der Waals surface area (Å²) in [6, 6.07) is 12.7. The molecule has 1 amide bonds. The number of rotatable bonds is 9. The number of methoxy groups -OCH3 is 2. The molecule has 36 heavy (non-hydrogen) atoms. The molecule has 192 valence electrons. The third kappa shape index (κ3) is 5.79. The fourth-order valence-corrected chi connectivity index (χ4v) is 4.40. The van der Waals surface area contributed by atoms with Crippen molar-refractivity contribution >= 4 is 22.8 Å². The molecule has 1 aromatic heterocycles. The third-order valence-corrected chi connectivity index (χ3v) is 6.33. The number of piperazine rings is 1. The van der Waals surface area contributed by atoms with E-state index in [0.29, 0.717) is 69.4 Å². The standard InChI is InChI=1S/C27H33FN4O4/c1-4-36-27(33)32-13-11-31(12-14-32)26-21(18-29-10-9-19-7-5-6-8-22(19)28)15-20-16-24(34-2)25(35-3)17-23(20)30-26/h5-8,15-17,29H,4,9-14,18H2,1-3H3. The molecule has 0 spiro atoms. The second-order valence-corrected chi connectivity index (χ2v) is 8.56. The number of ether oxygens (including phenoxy) is 3. The van der Waals surface area contributed by atoms with Crippen molar-refractivity contribution in [3.8, 4) is 11.5 Å². The number of fused-ring (bicyclic) bond motifs is 1. The van der Waals surface area contributed by atoms with E-state index < -0.39 is 0 Å². The van der Waals surface area contributed by atoms with Crippen molar-refractivity contribution in [1.29, 1.82) is 0 Å². The van der Waals surface area contributed by atoms with Crippen LogP contribution in [0.4, 0.5) is 15.0 Å². The number of nitrogens with zero attached hydrogens (tertiary/aromatic N) is 3. The van der Waals surface area contributed by atoms with Gasteiger partial charge >= 0.3 is 6.09 Å². The Kier molecular flexibility index (Phi) is 8.43. The maximum Gasteiger partial charge on any atom is 0.409 e. The number of hydrogen-bond donors (Lipinski definition) is 1. The van der Waals surface area contributed by atoms with Crippen molar-refractivity contribution in [2.24, 2.45) is 0 Å². The number of anilines is 1. The van der Waals surface area contributed by atoms with Crippen LogP contribution in [0, 0.1) is 5.82 Å². The predicted molar refractivity (Wildman–Crippen MR) is 137 cm³/mol. The minimum Gasteiger partial charge on any atom is -0.493 e. The molecular formula is C27H33FN4O4. The van der Waals surface area contributed by atoms with E-state index in [2.05, 4.69) is 16.3 Å². The van der Waals surface area contributed by atoms with E-state index in [-0.39, 0.29) is 11.9 Å². The van der Waals surface area contributed by atoms with Gasteiger partial charge < -0.3 is 29.3 Å². The number of nitrogens with one attached hydrogen (secondary N) is 1. The molecule has 8 nitrogen and oxygen atoms in total. The summed E-state index contributed by atoms with van der Waals surface area (Å²) in [6.07, 6.45) is 0.308. The molecule has 0 saturated carbocycles. The van der Waals surface area contributed by atoms with Crippen molar-refractivity contribution in [2.75, 3.05) is 58.5 Å². The summed E-state index contributed by atoms with van der Waals surface area (Å²) >= 11 is 0. The lowest BCUT2D eigenvalue weighted by atomic mass is 10.1. The Balaban J connectivity index is 1.56. The Morgan fingerprint density at radius 1 is 1.03 bits per heavy atom. The van der Waals surface area contributed by atoms with E-state index in [9.17, 15) is 9.18 Å². The molecule has 1 N–H and O–H groups in total. The van der Waals surface area contributed by atoms with Crippen molar-refractivity contribution in [3.05, 3.63) is 59.4 Å². The molecule has 1 aliphatic heterocycles. The molecule has 0 aliphatic carbocycles. The van der Waals surface area contributed by atoms with Gasteiger partial charge in [0.05, 0.1) is 26.3 Å². The van der Waals surface area contributed by atoms with Gasteiger partial charge in [0.1, 0.15) is 11.6 Å². The summed E-state index contributed by atoms with van der Waals surface area (Å²) in [5.74, 6) is 1.93. The highest BCUT2D eigenvalue weighted by molar-refractivity contribution is 5.85. The first kappa shape index (κ1) is 25.5. The molecule has 2 aromatic carbocycles. The molecular weight excluding hydrogens is 463 g/mol. The number of hydrogen-bond acceptors (Lipinski definition) is 7. The smallest absolute Gasteiger partial charge is 0.409 e. The van der Waals surface area contributed by atoms with Crippen LogP contribution in [-0.2, 0) is 17.7 Å². The number of pyridine rings is 1. The van der Waals surface area contributed by atoms with Crippen LogP contribution in [0.25, 0.3) is 10.9 Å². The summed E-state index contributed by atoms with van der Waals surface area (Å²) in [5.41, 5.74) is 2.51. The zero-order chi connectivity index (χ0) is 25.5. The molecule has 1 fully saturated rings. The number of amides is 1. The Morgan fingerprint density at radius 3 is 2.44 bits per heavy atom. The van der Waals surface area contributed by atoms with Crippen molar-refractivity contribution in [3.63, 3.8) is 0 Å². The lowest BCUT2D eigenvalue weighted by Gasteiger charge is -2.35. The van der Waals surface area contributed by atoms with Crippen LogP contribution < -0.4 is 19.7 Å². The van der Waals surface area contributed by atoms with Gasteiger partial charge in [-0.05, 0) is 43.7 Å². The SMILES string of the molecule is CCOC(=O)N1CCN(c2nc3cc(OC)c(OC)cc3cc2CNCCc2ccccc2F)CC1. The Morgan fingerprint density at radius 2 is 1.75 bits per heavy atom. The number of carbonyl (C=O) groups is 1. The third-order valence-electron chi connectivity index (χ3n) is 6.33. The Hall–Kier alpha value is -3.59. The van der Waals surface area contributed by atoms with Gasteiger partial charge in [0, 0.05) is 49.7 Å². The van der Waals surface area contributed by atoms with Crippen LogP contribution >= 0.6 is 0 Å². The molecule has 1 saturated heterocycles. The molecule has 1 aliphatic rings. The molecule has 3 aromatic rings. The minimum absolute atomic E-state index is 0.187.